The number of carbonyl (C=O) groups excluding carboxylic acids is 1. The fourth-order valence-electron chi connectivity index (χ4n) is 3.70. The van der Waals surface area contributed by atoms with Crippen LogP contribution in [0.15, 0.2) is 53.5 Å². The fourth-order valence-corrected chi connectivity index (χ4v) is 3.70. The van der Waals surface area contributed by atoms with Crippen LogP contribution in [0.5, 0.6) is 0 Å². The molecule has 2 aromatic rings. The molecule has 0 saturated carbocycles. The number of amides is 1. The highest BCUT2D eigenvalue weighted by Gasteiger charge is 2.25. The second-order valence-corrected chi connectivity index (χ2v) is 7.56. The van der Waals surface area contributed by atoms with Crippen molar-refractivity contribution < 1.29 is 9.53 Å². The van der Waals surface area contributed by atoms with Crippen molar-refractivity contribution in [2.24, 2.45) is 4.99 Å². The summed E-state index contributed by atoms with van der Waals surface area (Å²) in [5, 5.41) is 6.41. The van der Waals surface area contributed by atoms with E-state index in [-0.39, 0.29) is 36.0 Å². The van der Waals surface area contributed by atoms with Gasteiger partial charge in [-0.1, -0.05) is 43.3 Å². The van der Waals surface area contributed by atoms with E-state index in [4.69, 9.17) is 4.74 Å². The summed E-state index contributed by atoms with van der Waals surface area (Å²) in [4.78, 5) is 18.6. The van der Waals surface area contributed by atoms with E-state index in [1.807, 2.05) is 38.2 Å². The Kier molecular flexibility index (Phi) is 10.3. The summed E-state index contributed by atoms with van der Waals surface area (Å²) in [7, 11) is 1.81. The highest BCUT2D eigenvalue weighted by atomic mass is 127. The number of anilines is 1. The lowest BCUT2D eigenvalue weighted by atomic mass is 10.0. The summed E-state index contributed by atoms with van der Waals surface area (Å²) in [6.45, 7) is 6.99. The second-order valence-electron chi connectivity index (χ2n) is 7.56. The van der Waals surface area contributed by atoms with Gasteiger partial charge in [0.25, 0.3) is 0 Å². The zero-order valence-electron chi connectivity index (χ0n) is 18.6. The molecule has 1 fully saturated rings. The number of guanidine groups is 1. The first-order chi connectivity index (χ1) is 14.6. The number of carbonyl (C=O) groups is 1. The molecule has 0 bridgehead atoms. The van der Waals surface area contributed by atoms with Crippen LogP contribution in [0.3, 0.4) is 0 Å². The number of hydrogen-bond acceptors (Lipinski definition) is 3. The van der Waals surface area contributed by atoms with Crippen LogP contribution in [0.25, 0.3) is 0 Å². The summed E-state index contributed by atoms with van der Waals surface area (Å²) >= 11 is 0. The molecule has 1 heterocycles. The third kappa shape index (κ3) is 7.21. The standard InChI is InChI=1S/C24H32N4O2.HI/c1-4-8-23(29)27-20-11-7-10-19(15-20)16-26-24(25-3)28-13-14-30-22(17-28)21-12-6-5-9-18(21)2;/h5-7,9-12,15,22H,4,8,13-14,16-17H2,1-3H3,(H,25,26)(H,27,29);1H. The van der Waals surface area contributed by atoms with Crippen molar-refractivity contribution in [1.29, 1.82) is 0 Å². The van der Waals surface area contributed by atoms with Crippen LogP contribution < -0.4 is 10.6 Å². The van der Waals surface area contributed by atoms with E-state index in [2.05, 4.69) is 51.7 Å². The molecular weight excluding hydrogens is 503 g/mol. The predicted molar refractivity (Wildman–Crippen MR) is 137 cm³/mol. The molecule has 1 unspecified atom stereocenters. The number of morpholine rings is 1. The molecule has 1 aliphatic rings. The zero-order chi connectivity index (χ0) is 21.3. The minimum Gasteiger partial charge on any atom is -0.370 e. The molecule has 3 rings (SSSR count). The molecule has 0 aliphatic carbocycles. The maximum atomic E-state index is 11.8. The first kappa shape index (κ1) is 25.1. The van der Waals surface area contributed by atoms with Gasteiger partial charge in [0.2, 0.25) is 5.91 Å². The lowest BCUT2D eigenvalue weighted by Gasteiger charge is -2.35. The number of aliphatic imine (C=N–C) groups is 1. The maximum Gasteiger partial charge on any atom is 0.224 e. The third-order valence-electron chi connectivity index (χ3n) is 5.25. The molecule has 1 amide bonds. The molecule has 2 N–H and O–H groups in total. The zero-order valence-corrected chi connectivity index (χ0v) is 20.9. The van der Waals surface area contributed by atoms with Crippen LogP contribution in [0.2, 0.25) is 0 Å². The van der Waals surface area contributed by atoms with Gasteiger partial charge in [-0.3, -0.25) is 9.79 Å². The fraction of sp³-hybridized carbons (Fsp3) is 0.417. The van der Waals surface area contributed by atoms with Crippen LogP contribution in [0, 0.1) is 6.92 Å². The Morgan fingerprint density at radius 1 is 1.23 bits per heavy atom. The quantitative estimate of drug-likeness (QED) is 0.324. The lowest BCUT2D eigenvalue weighted by molar-refractivity contribution is -0.116. The predicted octanol–water partition coefficient (Wildman–Crippen LogP) is 4.50. The number of aryl methyl sites for hydroxylation is 1. The Balaban J connectivity index is 0.00000341. The smallest absolute Gasteiger partial charge is 0.224 e. The molecular formula is C24H33IN4O2. The summed E-state index contributed by atoms with van der Waals surface area (Å²) in [6.07, 6.45) is 1.41. The molecule has 31 heavy (non-hydrogen) atoms. The number of hydrogen-bond donors (Lipinski definition) is 2. The minimum atomic E-state index is 0. The summed E-state index contributed by atoms with van der Waals surface area (Å²) in [6, 6.07) is 16.3. The number of rotatable bonds is 6. The first-order valence-electron chi connectivity index (χ1n) is 10.6. The molecule has 0 radical (unpaired) electrons. The Labute approximate surface area is 202 Å². The Hall–Kier alpha value is -2.13. The average molecular weight is 536 g/mol. The van der Waals surface area contributed by atoms with Crippen molar-refractivity contribution >= 4 is 41.5 Å². The van der Waals surface area contributed by atoms with Crippen LogP contribution in [0.4, 0.5) is 5.69 Å². The van der Waals surface area contributed by atoms with E-state index in [1.165, 1.54) is 11.1 Å². The van der Waals surface area contributed by atoms with Gasteiger partial charge in [-0.05, 0) is 42.2 Å². The highest BCUT2D eigenvalue weighted by Crippen LogP contribution is 2.25. The summed E-state index contributed by atoms with van der Waals surface area (Å²) in [5.41, 5.74) is 4.39. The van der Waals surface area contributed by atoms with Crippen molar-refractivity contribution in [1.82, 2.24) is 10.2 Å². The van der Waals surface area contributed by atoms with Gasteiger partial charge >= 0.3 is 0 Å². The first-order valence-corrected chi connectivity index (χ1v) is 10.6. The largest absolute Gasteiger partial charge is 0.370 e. The average Bonchev–Trinajstić information content (AvgIpc) is 2.75. The van der Waals surface area contributed by atoms with Crippen molar-refractivity contribution in [2.75, 3.05) is 32.1 Å². The lowest BCUT2D eigenvalue weighted by Crippen LogP contribution is -2.48. The molecule has 7 heteroatoms. The Bertz CT molecular complexity index is 887. The van der Waals surface area contributed by atoms with Gasteiger partial charge < -0.3 is 20.3 Å². The van der Waals surface area contributed by atoms with Crippen molar-refractivity contribution in [2.45, 2.75) is 39.3 Å². The molecule has 1 saturated heterocycles. The van der Waals surface area contributed by atoms with Crippen LogP contribution in [0.1, 0.15) is 42.6 Å². The van der Waals surface area contributed by atoms with Gasteiger partial charge in [-0.15, -0.1) is 24.0 Å². The van der Waals surface area contributed by atoms with Gasteiger partial charge in [-0.25, -0.2) is 0 Å². The molecule has 1 atom stereocenters. The van der Waals surface area contributed by atoms with E-state index in [1.54, 1.807) is 0 Å². The van der Waals surface area contributed by atoms with Crippen molar-refractivity contribution in [3.63, 3.8) is 0 Å². The SMILES string of the molecule is CCCC(=O)Nc1cccc(CNC(=NC)N2CCOC(c3ccccc3C)C2)c1.I. The van der Waals surface area contributed by atoms with Gasteiger partial charge in [0.15, 0.2) is 5.96 Å². The third-order valence-corrected chi connectivity index (χ3v) is 5.25. The monoisotopic (exact) mass is 536 g/mol. The molecule has 0 aromatic heterocycles. The molecule has 2 aromatic carbocycles. The number of nitrogens with zero attached hydrogens (tertiary/aromatic N) is 2. The Morgan fingerprint density at radius 3 is 2.77 bits per heavy atom. The van der Waals surface area contributed by atoms with Crippen LogP contribution in [-0.4, -0.2) is 43.5 Å². The highest BCUT2D eigenvalue weighted by molar-refractivity contribution is 14.0. The van der Waals surface area contributed by atoms with Crippen molar-refractivity contribution in [3.8, 4) is 0 Å². The van der Waals surface area contributed by atoms with Crippen molar-refractivity contribution in [3.05, 3.63) is 65.2 Å². The van der Waals surface area contributed by atoms with Gasteiger partial charge in [0.1, 0.15) is 6.10 Å². The number of halogens is 1. The van der Waals surface area contributed by atoms with Gasteiger partial charge in [0.05, 0.1) is 13.2 Å². The van der Waals surface area contributed by atoms with E-state index < -0.39 is 0 Å². The normalized spacial score (nSPS) is 16.4. The van der Waals surface area contributed by atoms with Crippen LogP contribution >= 0.6 is 24.0 Å². The van der Waals surface area contributed by atoms with E-state index in [0.717, 1.165) is 36.7 Å². The van der Waals surface area contributed by atoms with E-state index in [0.29, 0.717) is 19.6 Å². The summed E-state index contributed by atoms with van der Waals surface area (Å²) < 4.78 is 6.04. The second kappa shape index (κ2) is 12.7. The van der Waals surface area contributed by atoms with Gasteiger partial charge in [0, 0.05) is 32.2 Å². The Morgan fingerprint density at radius 2 is 2.03 bits per heavy atom. The van der Waals surface area contributed by atoms with Gasteiger partial charge in [-0.2, -0.15) is 0 Å². The molecule has 1 aliphatic heterocycles. The molecule has 6 nitrogen and oxygen atoms in total. The van der Waals surface area contributed by atoms with E-state index in [9.17, 15) is 4.79 Å². The molecule has 168 valence electrons. The summed E-state index contributed by atoms with van der Waals surface area (Å²) in [5.74, 6) is 0.909. The molecule has 0 spiro atoms. The number of benzene rings is 2. The topological polar surface area (TPSA) is 66.0 Å². The number of nitrogens with one attached hydrogen (secondary N) is 2. The van der Waals surface area contributed by atoms with E-state index >= 15 is 0 Å². The maximum absolute atomic E-state index is 11.8. The number of ether oxygens (including phenoxy) is 1. The minimum absolute atomic E-state index is 0. The van der Waals surface area contributed by atoms with Crippen LogP contribution in [-0.2, 0) is 16.1 Å².